The van der Waals surface area contributed by atoms with Crippen LogP contribution in [0.1, 0.15) is 31.3 Å². The Kier molecular flexibility index (Phi) is 4.96. The van der Waals surface area contributed by atoms with Crippen molar-refractivity contribution in [2.75, 3.05) is 18.9 Å². The molecule has 0 saturated heterocycles. The lowest BCUT2D eigenvalue weighted by atomic mass is 10.3. The fraction of sp³-hybridized carbons (Fsp3) is 0.636. The van der Waals surface area contributed by atoms with Crippen molar-refractivity contribution in [3.63, 3.8) is 0 Å². The first-order chi connectivity index (χ1) is 8.06. The summed E-state index contributed by atoms with van der Waals surface area (Å²) in [7, 11) is 0. The third-order valence-corrected chi connectivity index (χ3v) is 2.22. The van der Waals surface area contributed by atoms with Crippen molar-refractivity contribution in [2.24, 2.45) is 0 Å². The maximum Gasteiger partial charge on any atom is 0.271 e. The highest BCUT2D eigenvalue weighted by molar-refractivity contribution is 5.97. The second-order valence-corrected chi connectivity index (χ2v) is 3.94. The number of nitrogens with zero attached hydrogens (tertiary/aromatic N) is 2. The molecule has 1 rings (SSSR count). The summed E-state index contributed by atoms with van der Waals surface area (Å²) >= 11 is 0. The van der Waals surface area contributed by atoms with E-state index in [1.807, 2.05) is 20.8 Å². The van der Waals surface area contributed by atoms with E-state index >= 15 is 0 Å². The maximum atomic E-state index is 11.8. The highest BCUT2D eigenvalue weighted by atomic mass is 16.5. The standard InChI is InChI=1S/C11H20N4O2/c1-4-15-10(9(12)7-14-15)11(16)13-5-6-17-8(2)3/h7-8H,4-6,12H2,1-3H3,(H,13,16). The predicted octanol–water partition coefficient (Wildman–Crippen LogP) is 0.640. The van der Waals surface area contributed by atoms with Gasteiger partial charge in [-0.1, -0.05) is 0 Å². The second-order valence-electron chi connectivity index (χ2n) is 3.94. The van der Waals surface area contributed by atoms with Crippen molar-refractivity contribution in [1.82, 2.24) is 15.1 Å². The van der Waals surface area contributed by atoms with Gasteiger partial charge in [-0.3, -0.25) is 9.48 Å². The van der Waals surface area contributed by atoms with Gasteiger partial charge in [0.25, 0.3) is 5.91 Å². The Morgan fingerprint density at radius 2 is 2.35 bits per heavy atom. The number of nitrogens with two attached hydrogens (primary N) is 1. The molecule has 0 saturated carbocycles. The molecule has 0 aliphatic heterocycles. The van der Waals surface area contributed by atoms with E-state index in [2.05, 4.69) is 10.4 Å². The molecule has 0 aromatic carbocycles. The molecule has 0 bridgehead atoms. The van der Waals surface area contributed by atoms with Crippen molar-refractivity contribution >= 4 is 11.6 Å². The number of amides is 1. The summed E-state index contributed by atoms with van der Waals surface area (Å²) in [5.74, 6) is -0.214. The molecule has 0 atom stereocenters. The Hall–Kier alpha value is -1.56. The molecule has 1 heterocycles. The van der Waals surface area contributed by atoms with Gasteiger partial charge >= 0.3 is 0 Å². The van der Waals surface area contributed by atoms with Gasteiger partial charge in [0.1, 0.15) is 5.69 Å². The number of ether oxygens (including phenoxy) is 1. The van der Waals surface area contributed by atoms with Crippen LogP contribution in [-0.4, -0.2) is 34.9 Å². The number of aryl methyl sites for hydroxylation is 1. The summed E-state index contributed by atoms with van der Waals surface area (Å²) in [6.45, 7) is 7.38. The quantitative estimate of drug-likeness (QED) is 0.715. The van der Waals surface area contributed by atoms with E-state index in [4.69, 9.17) is 10.5 Å². The van der Waals surface area contributed by atoms with Crippen molar-refractivity contribution in [1.29, 1.82) is 0 Å². The molecule has 1 aromatic heterocycles. The summed E-state index contributed by atoms with van der Waals surface area (Å²) in [6, 6.07) is 0. The second kappa shape index (κ2) is 6.24. The van der Waals surface area contributed by atoms with E-state index in [1.54, 1.807) is 4.68 Å². The molecule has 0 radical (unpaired) electrons. The predicted molar refractivity (Wildman–Crippen MR) is 65.7 cm³/mol. The van der Waals surface area contributed by atoms with Crippen LogP contribution < -0.4 is 11.1 Å². The average molecular weight is 240 g/mol. The van der Waals surface area contributed by atoms with Crippen molar-refractivity contribution in [3.8, 4) is 0 Å². The number of rotatable bonds is 6. The number of nitrogens with one attached hydrogen (secondary N) is 1. The van der Waals surface area contributed by atoms with Crippen LogP contribution in [0.3, 0.4) is 0 Å². The van der Waals surface area contributed by atoms with Crippen LogP contribution in [0.15, 0.2) is 6.20 Å². The maximum absolute atomic E-state index is 11.8. The SMILES string of the molecule is CCn1ncc(N)c1C(=O)NCCOC(C)C. The summed E-state index contributed by atoms with van der Waals surface area (Å²) in [5.41, 5.74) is 6.51. The Morgan fingerprint density at radius 1 is 1.65 bits per heavy atom. The molecular formula is C11H20N4O2. The summed E-state index contributed by atoms with van der Waals surface area (Å²) < 4.78 is 6.91. The molecule has 0 aliphatic rings. The van der Waals surface area contributed by atoms with Gasteiger partial charge in [-0.25, -0.2) is 0 Å². The van der Waals surface area contributed by atoms with Gasteiger partial charge in [0, 0.05) is 13.1 Å². The van der Waals surface area contributed by atoms with Crippen LogP contribution in [0.2, 0.25) is 0 Å². The minimum absolute atomic E-state index is 0.165. The number of aromatic nitrogens is 2. The molecule has 0 aliphatic carbocycles. The first-order valence-corrected chi connectivity index (χ1v) is 5.77. The molecule has 17 heavy (non-hydrogen) atoms. The van der Waals surface area contributed by atoms with E-state index in [-0.39, 0.29) is 12.0 Å². The van der Waals surface area contributed by atoms with E-state index in [1.165, 1.54) is 6.20 Å². The first-order valence-electron chi connectivity index (χ1n) is 5.77. The smallest absolute Gasteiger partial charge is 0.271 e. The number of anilines is 1. The van der Waals surface area contributed by atoms with Gasteiger partial charge in [0.15, 0.2) is 0 Å². The Labute approximate surface area is 101 Å². The monoisotopic (exact) mass is 240 g/mol. The van der Waals surface area contributed by atoms with Gasteiger partial charge < -0.3 is 15.8 Å². The van der Waals surface area contributed by atoms with Gasteiger partial charge in [-0.05, 0) is 20.8 Å². The van der Waals surface area contributed by atoms with Gasteiger partial charge in [0.2, 0.25) is 0 Å². The average Bonchev–Trinajstić information content (AvgIpc) is 2.65. The van der Waals surface area contributed by atoms with E-state index in [9.17, 15) is 4.79 Å². The van der Waals surface area contributed by atoms with Crippen molar-refractivity contribution < 1.29 is 9.53 Å². The topological polar surface area (TPSA) is 82.2 Å². The Bertz CT molecular complexity index is 374. The zero-order valence-electron chi connectivity index (χ0n) is 10.6. The number of nitrogen functional groups attached to an aromatic ring is 1. The summed E-state index contributed by atoms with van der Waals surface area (Å²) in [6.07, 6.45) is 1.65. The number of carbonyl (C=O) groups is 1. The highest BCUT2D eigenvalue weighted by Gasteiger charge is 2.15. The third-order valence-electron chi connectivity index (χ3n) is 2.22. The van der Waals surface area contributed by atoms with Gasteiger partial charge in [0.05, 0.1) is 24.6 Å². The molecule has 3 N–H and O–H groups in total. The van der Waals surface area contributed by atoms with E-state index < -0.39 is 0 Å². The van der Waals surface area contributed by atoms with Gasteiger partial charge in [-0.15, -0.1) is 0 Å². The summed E-state index contributed by atoms with van der Waals surface area (Å²) in [4.78, 5) is 11.8. The zero-order chi connectivity index (χ0) is 12.8. The van der Waals surface area contributed by atoms with Crippen LogP contribution >= 0.6 is 0 Å². The third kappa shape index (κ3) is 3.74. The van der Waals surface area contributed by atoms with E-state index in [0.717, 1.165) is 0 Å². The molecule has 1 amide bonds. The van der Waals surface area contributed by atoms with Crippen LogP contribution in [0.5, 0.6) is 0 Å². The number of carbonyl (C=O) groups excluding carboxylic acids is 1. The first kappa shape index (κ1) is 13.5. The summed E-state index contributed by atoms with van der Waals surface area (Å²) in [5, 5.41) is 6.76. The molecule has 96 valence electrons. The fourth-order valence-corrected chi connectivity index (χ4v) is 1.43. The molecular weight excluding hydrogens is 220 g/mol. The highest BCUT2D eigenvalue weighted by Crippen LogP contribution is 2.09. The molecule has 0 spiro atoms. The minimum atomic E-state index is -0.214. The minimum Gasteiger partial charge on any atom is -0.396 e. The Balaban J connectivity index is 2.49. The van der Waals surface area contributed by atoms with Gasteiger partial charge in [-0.2, -0.15) is 5.10 Å². The molecule has 1 aromatic rings. The normalized spacial score (nSPS) is 10.8. The fourth-order valence-electron chi connectivity index (χ4n) is 1.43. The van der Waals surface area contributed by atoms with Crippen LogP contribution in [0.4, 0.5) is 5.69 Å². The largest absolute Gasteiger partial charge is 0.396 e. The molecule has 0 fully saturated rings. The molecule has 0 unspecified atom stereocenters. The number of hydrogen-bond donors (Lipinski definition) is 2. The van der Waals surface area contributed by atoms with Crippen LogP contribution in [0, 0.1) is 0 Å². The van der Waals surface area contributed by atoms with Crippen LogP contribution in [0.25, 0.3) is 0 Å². The molecule has 6 nitrogen and oxygen atoms in total. The Morgan fingerprint density at radius 3 is 2.94 bits per heavy atom. The lowest BCUT2D eigenvalue weighted by Crippen LogP contribution is -2.30. The van der Waals surface area contributed by atoms with Crippen molar-refractivity contribution in [2.45, 2.75) is 33.4 Å². The number of hydrogen-bond acceptors (Lipinski definition) is 4. The molecule has 6 heteroatoms. The lowest BCUT2D eigenvalue weighted by molar-refractivity contribution is 0.0743. The zero-order valence-corrected chi connectivity index (χ0v) is 10.6. The van der Waals surface area contributed by atoms with Crippen molar-refractivity contribution in [3.05, 3.63) is 11.9 Å². The van der Waals surface area contributed by atoms with Crippen LogP contribution in [-0.2, 0) is 11.3 Å². The van der Waals surface area contributed by atoms with E-state index in [0.29, 0.717) is 31.1 Å². The lowest BCUT2D eigenvalue weighted by Gasteiger charge is -2.09.